The number of hydrogen-bond donors (Lipinski definition) is 4. The van der Waals surface area contributed by atoms with E-state index in [1.165, 1.54) is 0 Å². The van der Waals surface area contributed by atoms with Gasteiger partial charge in [0.05, 0.1) is 12.3 Å². The third kappa shape index (κ3) is 1.67. The monoisotopic (exact) mass is 145 g/mol. The Morgan fingerprint density at radius 1 is 1.50 bits per heavy atom. The van der Waals surface area contributed by atoms with E-state index >= 15 is 0 Å². The van der Waals surface area contributed by atoms with E-state index in [0.29, 0.717) is 0 Å². The fourth-order valence-corrected chi connectivity index (χ4v) is 1.27. The summed E-state index contributed by atoms with van der Waals surface area (Å²) in [6, 6.07) is 0.111. The van der Waals surface area contributed by atoms with Crippen LogP contribution >= 0.6 is 0 Å². The molecule has 1 saturated heterocycles. The van der Waals surface area contributed by atoms with Crippen LogP contribution in [0.1, 0.15) is 12.8 Å². The summed E-state index contributed by atoms with van der Waals surface area (Å²) in [6.45, 7) is 0.967. The van der Waals surface area contributed by atoms with Gasteiger partial charge in [-0.25, -0.2) is 0 Å². The second-order valence-electron chi connectivity index (χ2n) is 2.77. The zero-order valence-electron chi connectivity index (χ0n) is 5.96. The predicted octanol–water partition coefficient (Wildman–Crippen LogP) is -1.66. The van der Waals surface area contributed by atoms with E-state index in [9.17, 15) is 5.11 Å². The lowest BCUT2D eigenvalue weighted by atomic mass is 10.1. The Bertz CT molecular complexity index is 101. The lowest BCUT2D eigenvalue weighted by molar-refractivity contribution is 0.110. The van der Waals surface area contributed by atoms with E-state index < -0.39 is 12.3 Å². The number of rotatable bonds is 2. The van der Waals surface area contributed by atoms with Crippen molar-refractivity contribution in [2.75, 3.05) is 6.54 Å². The largest absolute Gasteiger partial charge is 0.388 e. The van der Waals surface area contributed by atoms with Gasteiger partial charge in [-0.15, -0.1) is 0 Å². The van der Waals surface area contributed by atoms with Gasteiger partial charge < -0.3 is 21.9 Å². The average molecular weight is 145 g/mol. The van der Waals surface area contributed by atoms with Gasteiger partial charge in [0.2, 0.25) is 0 Å². The summed E-state index contributed by atoms with van der Waals surface area (Å²) < 4.78 is 0. The van der Waals surface area contributed by atoms with Crippen LogP contribution in [0, 0.1) is 0 Å². The molecule has 4 nitrogen and oxygen atoms in total. The molecule has 1 rings (SSSR count). The molecule has 2 atom stereocenters. The number of nitrogens with two attached hydrogens (primary N) is 2. The fourth-order valence-electron chi connectivity index (χ4n) is 1.27. The van der Waals surface area contributed by atoms with Gasteiger partial charge in [-0.1, -0.05) is 0 Å². The third-order valence-corrected chi connectivity index (χ3v) is 1.91. The molecule has 2 unspecified atom stereocenters. The highest BCUT2D eigenvalue weighted by molar-refractivity contribution is 4.84. The van der Waals surface area contributed by atoms with Crippen LogP contribution in [0.3, 0.4) is 0 Å². The molecule has 0 aromatic heterocycles. The van der Waals surface area contributed by atoms with Crippen molar-refractivity contribution in [3.8, 4) is 0 Å². The van der Waals surface area contributed by atoms with Crippen LogP contribution in [0.15, 0.2) is 0 Å². The van der Waals surface area contributed by atoms with Crippen LogP contribution < -0.4 is 16.8 Å². The Morgan fingerprint density at radius 3 is 2.60 bits per heavy atom. The number of hydrogen-bond acceptors (Lipinski definition) is 4. The molecule has 0 aromatic carbocycles. The van der Waals surface area contributed by atoms with Crippen molar-refractivity contribution in [2.45, 2.75) is 31.2 Å². The summed E-state index contributed by atoms with van der Waals surface area (Å²) in [7, 11) is 0. The topological polar surface area (TPSA) is 84.3 Å². The van der Waals surface area contributed by atoms with Crippen LogP contribution in [-0.4, -0.2) is 30.0 Å². The first-order valence-corrected chi connectivity index (χ1v) is 3.64. The molecule has 6 N–H and O–H groups in total. The first kappa shape index (κ1) is 7.94. The minimum Gasteiger partial charge on any atom is -0.388 e. The van der Waals surface area contributed by atoms with Crippen molar-refractivity contribution in [3.63, 3.8) is 0 Å². The van der Waals surface area contributed by atoms with Gasteiger partial charge in [0.1, 0.15) is 0 Å². The van der Waals surface area contributed by atoms with Gasteiger partial charge in [-0.3, -0.25) is 0 Å². The van der Waals surface area contributed by atoms with Crippen LogP contribution in [0.2, 0.25) is 0 Å². The van der Waals surface area contributed by atoms with E-state index in [1.807, 2.05) is 0 Å². The number of nitrogens with one attached hydrogen (secondary N) is 1. The first-order valence-electron chi connectivity index (χ1n) is 3.64. The van der Waals surface area contributed by atoms with E-state index in [0.717, 1.165) is 19.4 Å². The molecule has 1 fully saturated rings. The summed E-state index contributed by atoms with van der Waals surface area (Å²) in [4.78, 5) is 0. The summed E-state index contributed by atoms with van der Waals surface area (Å²) >= 11 is 0. The van der Waals surface area contributed by atoms with E-state index in [1.54, 1.807) is 0 Å². The molecule has 4 heteroatoms. The fraction of sp³-hybridized carbons (Fsp3) is 1.00. The Labute approximate surface area is 60.6 Å². The summed E-state index contributed by atoms with van der Waals surface area (Å²) in [6.07, 6.45) is 0.874. The zero-order valence-corrected chi connectivity index (χ0v) is 5.96. The van der Waals surface area contributed by atoms with Crippen LogP contribution in [0.5, 0.6) is 0 Å². The van der Waals surface area contributed by atoms with Crippen LogP contribution in [0.4, 0.5) is 0 Å². The smallest absolute Gasteiger partial charge is 0.0972 e. The lowest BCUT2D eigenvalue weighted by Crippen LogP contribution is -2.51. The van der Waals surface area contributed by atoms with Gasteiger partial charge in [0.15, 0.2) is 0 Å². The Balaban J connectivity index is 2.32. The molecule has 1 aliphatic rings. The van der Waals surface area contributed by atoms with Crippen molar-refractivity contribution in [1.82, 2.24) is 5.32 Å². The minimum atomic E-state index is -0.615. The minimum absolute atomic E-state index is 0.111. The third-order valence-electron chi connectivity index (χ3n) is 1.91. The predicted molar refractivity (Wildman–Crippen MR) is 39.2 cm³/mol. The molecule has 0 radical (unpaired) electrons. The molecule has 0 bridgehead atoms. The highest BCUT2D eigenvalue weighted by Gasteiger charge is 2.25. The molecule has 10 heavy (non-hydrogen) atoms. The van der Waals surface area contributed by atoms with Gasteiger partial charge in [0.25, 0.3) is 0 Å². The van der Waals surface area contributed by atoms with E-state index in [-0.39, 0.29) is 6.04 Å². The summed E-state index contributed by atoms with van der Waals surface area (Å²) in [5, 5.41) is 12.4. The Hall–Kier alpha value is -0.160. The zero-order chi connectivity index (χ0) is 7.56. The van der Waals surface area contributed by atoms with Gasteiger partial charge in [-0.2, -0.15) is 0 Å². The van der Waals surface area contributed by atoms with Crippen molar-refractivity contribution >= 4 is 0 Å². The second-order valence-corrected chi connectivity index (χ2v) is 2.77. The maximum absolute atomic E-state index is 9.31. The highest BCUT2D eigenvalue weighted by atomic mass is 16.3. The molecule has 1 aliphatic heterocycles. The summed E-state index contributed by atoms with van der Waals surface area (Å²) in [5.41, 5.74) is 10.6. The van der Waals surface area contributed by atoms with Crippen molar-refractivity contribution in [1.29, 1.82) is 0 Å². The molecule has 60 valence electrons. The highest BCUT2D eigenvalue weighted by Crippen LogP contribution is 2.09. The molecular formula is C6H15N3O. The van der Waals surface area contributed by atoms with Crippen LogP contribution in [0.25, 0.3) is 0 Å². The molecule has 0 aliphatic carbocycles. The maximum atomic E-state index is 9.31. The van der Waals surface area contributed by atoms with Gasteiger partial charge in [0, 0.05) is 6.04 Å². The Kier molecular flexibility index (Phi) is 2.62. The normalized spacial score (nSPS) is 29.4. The number of aliphatic hydroxyl groups is 1. The number of aliphatic hydroxyl groups excluding tert-OH is 1. The van der Waals surface area contributed by atoms with Crippen molar-refractivity contribution in [3.05, 3.63) is 0 Å². The van der Waals surface area contributed by atoms with Crippen molar-refractivity contribution in [2.24, 2.45) is 11.5 Å². The lowest BCUT2D eigenvalue weighted by Gasteiger charge is -2.20. The summed E-state index contributed by atoms with van der Waals surface area (Å²) in [5.74, 6) is 0. The van der Waals surface area contributed by atoms with E-state index in [2.05, 4.69) is 5.32 Å². The molecule has 0 aromatic rings. The van der Waals surface area contributed by atoms with E-state index in [4.69, 9.17) is 11.5 Å². The van der Waals surface area contributed by atoms with Crippen LogP contribution in [-0.2, 0) is 0 Å². The van der Waals surface area contributed by atoms with Crippen molar-refractivity contribution < 1.29 is 5.11 Å². The quantitative estimate of drug-likeness (QED) is 0.350. The molecule has 0 saturated carbocycles. The molecule has 0 amide bonds. The SMILES string of the molecule is NC(N)C(O)C1CCCN1. The Morgan fingerprint density at radius 2 is 2.20 bits per heavy atom. The molecule has 1 heterocycles. The van der Waals surface area contributed by atoms with Gasteiger partial charge in [-0.05, 0) is 19.4 Å². The standard InChI is InChI=1S/C6H15N3O/c7-6(8)5(10)4-2-1-3-9-4/h4-6,9-10H,1-3,7-8H2. The second kappa shape index (κ2) is 3.30. The molecule has 0 spiro atoms. The average Bonchev–Trinajstić information content (AvgIpc) is 2.36. The van der Waals surface area contributed by atoms with Gasteiger partial charge >= 0.3 is 0 Å². The maximum Gasteiger partial charge on any atom is 0.0972 e. The first-order chi connectivity index (χ1) is 4.72. The molecular weight excluding hydrogens is 130 g/mol.